The standard InChI is InChI=1S/C15H16FN5O2S/c16-10-4-2-1-3-9(10)11(18-14(17)23)7-12(22)19-15-21-20-13(24-15)8-5-6-8/h1-4,8,11H,5-7H2,(H3,17,18,23)(H,19,21,22). The van der Waals surface area contributed by atoms with Crippen LogP contribution in [0.1, 0.15) is 41.8 Å². The van der Waals surface area contributed by atoms with Crippen LogP contribution in [-0.2, 0) is 4.79 Å². The first-order chi connectivity index (χ1) is 11.5. The number of urea groups is 1. The Morgan fingerprint density at radius 2 is 2.08 bits per heavy atom. The summed E-state index contributed by atoms with van der Waals surface area (Å²) in [5, 5.41) is 14.3. The molecule has 1 aromatic carbocycles. The number of nitrogens with two attached hydrogens (primary N) is 1. The number of hydrogen-bond acceptors (Lipinski definition) is 5. The van der Waals surface area contributed by atoms with Crippen molar-refractivity contribution in [3.8, 4) is 0 Å². The maximum Gasteiger partial charge on any atom is 0.312 e. The van der Waals surface area contributed by atoms with E-state index in [1.165, 1.54) is 29.5 Å². The van der Waals surface area contributed by atoms with Crippen molar-refractivity contribution in [3.05, 3.63) is 40.7 Å². The number of aromatic nitrogens is 2. The van der Waals surface area contributed by atoms with Gasteiger partial charge in [0.2, 0.25) is 11.0 Å². The molecular weight excluding hydrogens is 333 g/mol. The topological polar surface area (TPSA) is 110 Å². The zero-order valence-corrected chi connectivity index (χ0v) is 13.5. The number of amides is 3. The lowest BCUT2D eigenvalue weighted by molar-refractivity contribution is -0.116. The predicted molar refractivity (Wildman–Crippen MR) is 87.0 cm³/mol. The average Bonchev–Trinajstić information content (AvgIpc) is 3.27. The van der Waals surface area contributed by atoms with E-state index in [-0.39, 0.29) is 12.0 Å². The number of halogens is 1. The van der Waals surface area contributed by atoms with Gasteiger partial charge >= 0.3 is 6.03 Å². The number of nitrogens with one attached hydrogen (secondary N) is 2. The van der Waals surface area contributed by atoms with Gasteiger partial charge in [0.25, 0.3) is 0 Å². The van der Waals surface area contributed by atoms with Crippen LogP contribution in [0.2, 0.25) is 0 Å². The Labute approximate surface area is 141 Å². The van der Waals surface area contributed by atoms with Gasteiger partial charge in [0.15, 0.2) is 0 Å². The highest BCUT2D eigenvalue weighted by atomic mass is 32.1. The molecule has 1 aliphatic carbocycles. The Morgan fingerprint density at radius 1 is 1.33 bits per heavy atom. The second-order valence-corrected chi connectivity index (χ2v) is 6.56. The Balaban J connectivity index is 1.68. The monoisotopic (exact) mass is 349 g/mol. The zero-order chi connectivity index (χ0) is 17.1. The van der Waals surface area contributed by atoms with E-state index in [2.05, 4.69) is 20.8 Å². The maximum atomic E-state index is 13.9. The summed E-state index contributed by atoms with van der Waals surface area (Å²) in [5.41, 5.74) is 5.32. The molecule has 0 aliphatic heterocycles. The largest absolute Gasteiger partial charge is 0.352 e. The van der Waals surface area contributed by atoms with Gasteiger partial charge in [0, 0.05) is 11.5 Å². The Bertz CT molecular complexity index is 762. The minimum Gasteiger partial charge on any atom is -0.352 e. The van der Waals surface area contributed by atoms with Crippen LogP contribution in [0.5, 0.6) is 0 Å². The Hall–Kier alpha value is -2.55. The molecule has 0 radical (unpaired) electrons. The van der Waals surface area contributed by atoms with Crippen molar-refractivity contribution in [2.45, 2.75) is 31.2 Å². The van der Waals surface area contributed by atoms with Gasteiger partial charge in [-0.2, -0.15) is 0 Å². The number of carbonyl (C=O) groups excluding carboxylic acids is 2. The van der Waals surface area contributed by atoms with Gasteiger partial charge in [0.05, 0.1) is 12.5 Å². The van der Waals surface area contributed by atoms with E-state index in [4.69, 9.17) is 5.73 Å². The van der Waals surface area contributed by atoms with Gasteiger partial charge in [-0.1, -0.05) is 29.5 Å². The first-order valence-corrected chi connectivity index (χ1v) is 8.28. The van der Waals surface area contributed by atoms with E-state index < -0.39 is 23.8 Å². The molecule has 9 heteroatoms. The van der Waals surface area contributed by atoms with Crippen molar-refractivity contribution in [1.82, 2.24) is 15.5 Å². The molecule has 1 atom stereocenters. The van der Waals surface area contributed by atoms with E-state index in [1.54, 1.807) is 6.07 Å². The number of carbonyl (C=O) groups is 2. The van der Waals surface area contributed by atoms with E-state index >= 15 is 0 Å². The number of benzene rings is 1. The third-order valence-corrected chi connectivity index (χ3v) is 4.60. The second kappa shape index (κ2) is 6.91. The molecule has 3 amide bonds. The summed E-state index contributed by atoms with van der Waals surface area (Å²) >= 11 is 1.33. The molecular formula is C15H16FN5O2S. The number of nitrogens with zero attached hydrogens (tertiary/aromatic N) is 2. The van der Waals surface area contributed by atoms with E-state index in [0.29, 0.717) is 11.0 Å². The Kier molecular flexibility index (Phi) is 4.70. The lowest BCUT2D eigenvalue weighted by atomic mass is 10.0. The highest BCUT2D eigenvalue weighted by Gasteiger charge is 2.28. The van der Waals surface area contributed by atoms with Gasteiger partial charge < -0.3 is 16.4 Å². The fourth-order valence-corrected chi connectivity index (χ4v) is 3.23. The van der Waals surface area contributed by atoms with Crippen molar-refractivity contribution in [2.75, 3.05) is 5.32 Å². The molecule has 0 spiro atoms. The van der Waals surface area contributed by atoms with Gasteiger partial charge in [0.1, 0.15) is 10.8 Å². The zero-order valence-electron chi connectivity index (χ0n) is 12.7. The molecule has 4 N–H and O–H groups in total. The highest BCUT2D eigenvalue weighted by molar-refractivity contribution is 7.15. The number of anilines is 1. The van der Waals surface area contributed by atoms with E-state index in [0.717, 1.165) is 17.8 Å². The summed E-state index contributed by atoms with van der Waals surface area (Å²) < 4.78 is 13.9. The predicted octanol–water partition coefficient (Wildman–Crippen LogP) is 2.29. The summed E-state index contributed by atoms with van der Waals surface area (Å²) in [7, 11) is 0. The summed E-state index contributed by atoms with van der Waals surface area (Å²) in [6.07, 6.45) is 2.03. The van der Waals surface area contributed by atoms with Crippen LogP contribution in [0.4, 0.5) is 14.3 Å². The molecule has 1 unspecified atom stereocenters. The van der Waals surface area contributed by atoms with Crippen molar-refractivity contribution >= 4 is 28.4 Å². The fraction of sp³-hybridized carbons (Fsp3) is 0.333. The molecule has 1 saturated carbocycles. The SMILES string of the molecule is NC(=O)NC(CC(=O)Nc1nnc(C2CC2)s1)c1ccccc1F. The minimum atomic E-state index is -0.862. The van der Waals surface area contributed by atoms with Crippen LogP contribution in [0.15, 0.2) is 24.3 Å². The fourth-order valence-electron chi connectivity index (χ4n) is 2.30. The summed E-state index contributed by atoms with van der Waals surface area (Å²) in [5.74, 6) is -0.470. The summed E-state index contributed by atoms with van der Waals surface area (Å²) in [4.78, 5) is 23.4. The van der Waals surface area contributed by atoms with Crippen LogP contribution < -0.4 is 16.4 Å². The van der Waals surface area contributed by atoms with Crippen LogP contribution in [-0.4, -0.2) is 22.1 Å². The Morgan fingerprint density at radius 3 is 2.75 bits per heavy atom. The molecule has 126 valence electrons. The molecule has 0 saturated heterocycles. The lowest BCUT2D eigenvalue weighted by Gasteiger charge is -2.17. The minimum absolute atomic E-state index is 0.164. The first kappa shape index (κ1) is 16.3. The van der Waals surface area contributed by atoms with Crippen molar-refractivity contribution in [1.29, 1.82) is 0 Å². The van der Waals surface area contributed by atoms with E-state index in [1.807, 2.05) is 0 Å². The third-order valence-electron chi connectivity index (χ3n) is 3.60. The maximum absolute atomic E-state index is 13.9. The molecule has 7 nitrogen and oxygen atoms in total. The van der Waals surface area contributed by atoms with Gasteiger partial charge in [-0.25, -0.2) is 9.18 Å². The molecule has 2 aromatic rings. The number of primary amides is 1. The van der Waals surface area contributed by atoms with Crippen molar-refractivity contribution in [2.24, 2.45) is 5.73 Å². The van der Waals surface area contributed by atoms with Gasteiger partial charge in [-0.15, -0.1) is 10.2 Å². The number of hydrogen-bond donors (Lipinski definition) is 3. The quantitative estimate of drug-likeness (QED) is 0.743. The molecule has 1 aliphatic rings. The van der Waals surface area contributed by atoms with Crippen LogP contribution in [0.3, 0.4) is 0 Å². The number of rotatable bonds is 6. The molecule has 1 fully saturated rings. The normalized spacial score (nSPS) is 14.9. The smallest absolute Gasteiger partial charge is 0.312 e. The summed E-state index contributed by atoms with van der Waals surface area (Å²) in [6.45, 7) is 0. The molecule has 0 bridgehead atoms. The molecule has 1 aromatic heterocycles. The van der Waals surface area contributed by atoms with Crippen LogP contribution in [0.25, 0.3) is 0 Å². The molecule has 3 rings (SSSR count). The van der Waals surface area contributed by atoms with Crippen molar-refractivity contribution in [3.63, 3.8) is 0 Å². The molecule has 1 heterocycles. The van der Waals surface area contributed by atoms with Crippen molar-refractivity contribution < 1.29 is 14.0 Å². The van der Waals surface area contributed by atoms with E-state index in [9.17, 15) is 14.0 Å². The van der Waals surface area contributed by atoms with Gasteiger partial charge in [-0.05, 0) is 18.9 Å². The second-order valence-electron chi connectivity index (χ2n) is 5.55. The lowest BCUT2D eigenvalue weighted by Crippen LogP contribution is -2.35. The van der Waals surface area contributed by atoms with Gasteiger partial charge in [-0.3, -0.25) is 4.79 Å². The first-order valence-electron chi connectivity index (χ1n) is 7.46. The molecule has 24 heavy (non-hydrogen) atoms. The van der Waals surface area contributed by atoms with Crippen LogP contribution >= 0.6 is 11.3 Å². The highest BCUT2D eigenvalue weighted by Crippen LogP contribution is 2.42. The van der Waals surface area contributed by atoms with Crippen LogP contribution in [0, 0.1) is 5.82 Å². The average molecular weight is 349 g/mol. The summed E-state index contributed by atoms with van der Waals surface area (Å²) in [6, 6.07) is 4.22. The third kappa shape index (κ3) is 4.05.